The average molecular weight is 387 g/mol. The van der Waals surface area contributed by atoms with Crippen molar-refractivity contribution in [1.82, 2.24) is 5.32 Å². The van der Waals surface area contributed by atoms with Crippen LogP contribution in [0.25, 0.3) is 6.08 Å². The van der Waals surface area contributed by atoms with Gasteiger partial charge in [0.25, 0.3) is 5.91 Å². The van der Waals surface area contributed by atoms with Gasteiger partial charge >= 0.3 is 5.97 Å². The molecule has 0 saturated carbocycles. The predicted molar refractivity (Wildman–Crippen MR) is 109 cm³/mol. The quantitative estimate of drug-likeness (QED) is 0.704. The fraction of sp³-hybridized carbons (Fsp3) is 0.238. The van der Waals surface area contributed by atoms with E-state index in [0.717, 1.165) is 16.8 Å². The summed E-state index contributed by atoms with van der Waals surface area (Å²) in [7, 11) is 3.15. The third-order valence-electron chi connectivity index (χ3n) is 4.12. The average Bonchev–Trinajstić information content (AvgIpc) is 2.67. The molecule has 0 aliphatic heterocycles. The van der Waals surface area contributed by atoms with Crippen LogP contribution in [0.3, 0.4) is 0 Å². The molecule has 0 fully saturated rings. The van der Waals surface area contributed by atoms with Crippen molar-refractivity contribution >= 4 is 35.2 Å². The third kappa shape index (κ3) is 5.59. The molecule has 2 aromatic rings. The molecule has 1 amide bonds. The third-order valence-corrected chi connectivity index (χ3v) is 4.44. The number of rotatable bonds is 7. The van der Waals surface area contributed by atoms with Gasteiger partial charge in [-0.1, -0.05) is 48.0 Å². The number of ether oxygens (including phenoxy) is 1. The Morgan fingerprint density at radius 3 is 2.48 bits per heavy atom. The Kier molecular flexibility index (Phi) is 7.44. The highest BCUT2D eigenvalue weighted by atomic mass is 35.5. The van der Waals surface area contributed by atoms with Gasteiger partial charge in [-0.3, -0.25) is 4.79 Å². The van der Waals surface area contributed by atoms with E-state index in [1.54, 1.807) is 25.1 Å². The molecule has 0 aliphatic carbocycles. The second-order valence-corrected chi connectivity index (χ2v) is 6.40. The molecular formula is C21H23ClN2O3. The number of amides is 1. The topological polar surface area (TPSA) is 67.4 Å². The van der Waals surface area contributed by atoms with E-state index >= 15 is 0 Å². The molecule has 0 saturated heterocycles. The van der Waals surface area contributed by atoms with Crippen LogP contribution in [0.15, 0.2) is 48.5 Å². The number of carbonyl (C=O) groups is 2. The van der Waals surface area contributed by atoms with Gasteiger partial charge in [0.1, 0.15) is 6.04 Å². The molecule has 5 nitrogen and oxygen atoms in total. The van der Waals surface area contributed by atoms with Crippen LogP contribution in [0, 0.1) is 6.92 Å². The molecule has 0 heterocycles. The van der Waals surface area contributed by atoms with E-state index in [-0.39, 0.29) is 0 Å². The number of hydrogen-bond donors (Lipinski definition) is 2. The number of hydrogen-bond acceptors (Lipinski definition) is 4. The summed E-state index contributed by atoms with van der Waals surface area (Å²) in [5, 5.41) is 6.11. The smallest absolute Gasteiger partial charge is 0.328 e. The van der Waals surface area contributed by atoms with Gasteiger partial charge < -0.3 is 15.4 Å². The van der Waals surface area contributed by atoms with Crippen molar-refractivity contribution in [3.05, 3.63) is 70.3 Å². The minimum absolute atomic E-state index is 0.301. The lowest BCUT2D eigenvalue weighted by Crippen LogP contribution is -2.41. The Morgan fingerprint density at radius 2 is 1.89 bits per heavy atom. The van der Waals surface area contributed by atoms with E-state index in [4.69, 9.17) is 16.3 Å². The lowest BCUT2D eigenvalue weighted by molar-refractivity contribution is -0.142. The number of esters is 1. The summed E-state index contributed by atoms with van der Waals surface area (Å²) in [5.41, 5.74) is 3.11. The van der Waals surface area contributed by atoms with Crippen molar-refractivity contribution < 1.29 is 14.3 Å². The zero-order chi connectivity index (χ0) is 19.8. The van der Waals surface area contributed by atoms with Crippen LogP contribution in [0.2, 0.25) is 5.02 Å². The van der Waals surface area contributed by atoms with Gasteiger partial charge in [-0.05, 0) is 42.7 Å². The summed E-state index contributed by atoms with van der Waals surface area (Å²) in [6, 6.07) is 12.2. The van der Waals surface area contributed by atoms with Crippen LogP contribution >= 0.6 is 11.6 Å². The van der Waals surface area contributed by atoms with E-state index in [0.29, 0.717) is 17.0 Å². The van der Waals surface area contributed by atoms with Crippen molar-refractivity contribution in [2.24, 2.45) is 0 Å². The van der Waals surface area contributed by atoms with Crippen LogP contribution in [0.1, 0.15) is 27.9 Å². The first kappa shape index (κ1) is 20.5. The number of aryl methyl sites for hydroxylation is 1. The van der Waals surface area contributed by atoms with Gasteiger partial charge in [-0.25, -0.2) is 4.79 Å². The zero-order valence-corrected chi connectivity index (χ0v) is 16.3. The first-order valence-corrected chi connectivity index (χ1v) is 8.92. The SMILES string of the molecule is CNc1ccc(/C=C/CC(NC(=O)c2c(C)cccc2Cl)C(=O)OC)cc1. The summed E-state index contributed by atoms with van der Waals surface area (Å²) < 4.78 is 4.81. The lowest BCUT2D eigenvalue weighted by atomic mass is 10.1. The van der Waals surface area contributed by atoms with E-state index in [2.05, 4.69) is 10.6 Å². The zero-order valence-electron chi connectivity index (χ0n) is 15.6. The minimum atomic E-state index is -0.800. The second-order valence-electron chi connectivity index (χ2n) is 5.99. The van der Waals surface area contributed by atoms with Crippen molar-refractivity contribution in [3.63, 3.8) is 0 Å². The fourth-order valence-electron chi connectivity index (χ4n) is 2.61. The molecule has 1 atom stereocenters. The van der Waals surface area contributed by atoms with Crippen molar-refractivity contribution in [1.29, 1.82) is 0 Å². The molecule has 0 aliphatic rings. The van der Waals surface area contributed by atoms with Crippen molar-refractivity contribution in [2.75, 3.05) is 19.5 Å². The predicted octanol–water partition coefficient (Wildman–Crippen LogP) is 4.07. The fourth-order valence-corrected chi connectivity index (χ4v) is 2.91. The van der Waals surface area contributed by atoms with Gasteiger partial charge in [-0.2, -0.15) is 0 Å². The number of anilines is 1. The second kappa shape index (κ2) is 9.78. The number of nitrogens with one attached hydrogen (secondary N) is 2. The summed E-state index contributed by atoms with van der Waals surface area (Å²) in [6.07, 6.45) is 4.02. The van der Waals surface area contributed by atoms with E-state index < -0.39 is 17.9 Å². The van der Waals surface area contributed by atoms with Crippen molar-refractivity contribution in [3.8, 4) is 0 Å². The summed E-state index contributed by atoms with van der Waals surface area (Å²) in [4.78, 5) is 24.6. The normalized spacial score (nSPS) is 11.9. The monoisotopic (exact) mass is 386 g/mol. The van der Waals surface area contributed by atoms with Gasteiger partial charge in [0.15, 0.2) is 0 Å². The molecule has 2 rings (SSSR count). The molecule has 0 aromatic heterocycles. The molecule has 0 bridgehead atoms. The summed E-state index contributed by atoms with van der Waals surface area (Å²) in [5.74, 6) is -0.913. The maximum atomic E-state index is 12.6. The first-order valence-electron chi connectivity index (χ1n) is 8.54. The molecule has 0 radical (unpaired) electrons. The maximum absolute atomic E-state index is 12.6. The summed E-state index contributed by atoms with van der Waals surface area (Å²) >= 11 is 6.13. The summed E-state index contributed by atoms with van der Waals surface area (Å²) in [6.45, 7) is 1.79. The standard InChI is InChI=1S/C21H23ClN2O3/c1-14-6-4-8-17(22)19(14)20(25)24-18(21(26)27-3)9-5-7-15-10-12-16(23-2)13-11-15/h4-8,10-13,18,23H,9H2,1-3H3,(H,24,25)/b7-5+. The van der Waals surface area contributed by atoms with Gasteiger partial charge in [0.2, 0.25) is 0 Å². The molecule has 0 spiro atoms. The van der Waals surface area contributed by atoms with E-state index in [9.17, 15) is 9.59 Å². The highest BCUT2D eigenvalue weighted by molar-refractivity contribution is 6.34. The van der Waals surface area contributed by atoms with Crippen LogP contribution in [0.5, 0.6) is 0 Å². The Hall–Kier alpha value is -2.79. The number of benzene rings is 2. The van der Waals surface area contributed by atoms with Crippen LogP contribution in [0.4, 0.5) is 5.69 Å². The molecule has 1 unspecified atom stereocenters. The number of methoxy groups -OCH3 is 1. The molecule has 2 N–H and O–H groups in total. The highest BCUT2D eigenvalue weighted by Crippen LogP contribution is 2.19. The van der Waals surface area contributed by atoms with Gasteiger partial charge in [0, 0.05) is 12.7 Å². The largest absolute Gasteiger partial charge is 0.467 e. The maximum Gasteiger partial charge on any atom is 0.328 e. The molecule has 142 valence electrons. The molecule has 27 heavy (non-hydrogen) atoms. The van der Waals surface area contributed by atoms with Gasteiger partial charge in [-0.15, -0.1) is 0 Å². The van der Waals surface area contributed by atoms with Gasteiger partial charge in [0.05, 0.1) is 17.7 Å². The van der Waals surface area contributed by atoms with E-state index in [1.807, 2.05) is 43.5 Å². The lowest BCUT2D eigenvalue weighted by Gasteiger charge is -2.16. The molecular weight excluding hydrogens is 364 g/mol. The van der Waals surface area contributed by atoms with Crippen molar-refractivity contribution in [2.45, 2.75) is 19.4 Å². The number of halogens is 1. The van der Waals surface area contributed by atoms with Crippen LogP contribution in [-0.4, -0.2) is 32.1 Å². The van der Waals surface area contributed by atoms with Crippen LogP contribution in [-0.2, 0) is 9.53 Å². The minimum Gasteiger partial charge on any atom is -0.467 e. The Labute approximate surface area is 164 Å². The van der Waals surface area contributed by atoms with E-state index in [1.165, 1.54) is 7.11 Å². The Bertz CT molecular complexity index is 812. The number of carbonyl (C=O) groups excluding carboxylic acids is 2. The molecule has 2 aromatic carbocycles. The molecule has 6 heteroatoms. The Morgan fingerprint density at radius 1 is 1.19 bits per heavy atom. The van der Waals surface area contributed by atoms with Crippen LogP contribution < -0.4 is 10.6 Å². The first-order chi connectivity index (χ1) is 13.0. The highest BCUT2D eigenvalue weighted by Gasteiger charge is 2.23. The Balaban J connectivity index is 2.09.